The zero-order valence-corrected chi connectivity index (χ0v) is 14.2. The number of benzene rings is 1. The Morgan fingerprint density at radius 1 is 1.26 bits per heavy atom. The number of nitrogens with one attached hydrogen (secondary N) is 1. The van der Waals surface area contributed by atoms with Gasteiger partial charge in [0.15, 0.2) is 0 Å². The summed E-state index contributed by atoms with van der Waals surface area (Å²) in [6.45, 7) is 1.69. The van der Waals surface area contributed by atoms with Crippen molar-refractivity contribution in [3.63, 3.8) is 0 Å². The first-order chi connectivity index (χ1) is 11.1. The molecule has 0 radical (unpaired) electrons. The summed E-state index contributed by atoms with van der Waals surface area (Å²) in [5, 5.41) is 2.77. The molecule has 1 aliphatic rings. The quantitative estimate of drug-likeness (QED) is 0.775. The number of rotatable bonds is 6. The molecule has 0 atom stereocenters. The van der Waals surface area contributed by atoms with E-state index in [9.17, 15) is 9.59 Å². The van der Waals surface area contributed by atoms with Gasteiger partial charge in [0.2, 0.25) is 11.8 Å². The number of amides is 2. The highest BCUT2D eigenvalue weighted by atomic mass is 32.2. The van der Waals surface area contributed by atoms with Gasteiger partial charge >= 0.3 is 0 Å². The summed E-state index contributed by atoms with van der Waals surface area (Å²) in [5.74, 6) is 1.13. The SMILES string of the molecule is COc1ccc(NC(=O)CSCC(=O)N2CCCCC2)cc1N. The molecule has 1 aliphatic heterocycles. The number of hydrogen-bond donors (Lipinski definition) is 2. The molecule has 2 rings (SSSR count). The van der Waals surface area contributed by atoms with Gasteiger partial charge in [0.1, 0.15) is 5.75 Å². The molecule has 0 spiro atoms. The molecule has 0 aliphatic carbocycles. The Hall–Kier alpha value is -1.89. The van der Waals surface area contributed by atoms with Crippen LogP contribution in [0.25, 0.3) is 0 Å². The van der Waals surface area contributed by atoms with Gasteiger partial charge in [0, 0.05) is 18.8 Å². The normalized spacial score (nSPS) is 14.4. The molecule has 7 heteroatoms. The number of piperidine rings is 1. The van der Waals surface area contributed by atoms with Gasteiger partial charge in [-0.1, -0.05) is 0 Å². The third-order valence-corrected chi connectivity index (χ3v) is 4.60. The Balaban J connectivity index is 1.72. The van der Waals surface area contributed by atoms with Gasteiger partial charge in [-0.25, -0.2) is 0 Å². The van der Waals surface area contributed by atoms with E-state index in [-0.39, 0.29) is 17.6 Å². The average Bonchev–Trinajstić information content (AvgIpc) is 2.55. The molecular formula is C16H23N3O3S. The van der Waals surface area contributed by atoms with Crippen LogP contribution < -0.4 is 15.8 Å². The Bertz CT molecular complexity index is 560. The highest BCUT2D eigenvalue weighted by Gasteiger charge is 2.16. The van der Waals surface area contributed by atoms with E-state index in [1.165, 1.54) is 18.2 Å². The summed E-state index contributed by atoms with van der Waals surface area (Å²) in [7, 11) is 1.54. The van der Waals surface area contributed by atoms with Gasteiger partial charge in [-0.2, -0.15) is 0 Å². The van der Waals surface area contributed by atoms with E-state index in [0.717, 1.165) is 25.9 Å². The van der Waals surface area contributed by atoms with Crippen LogP contribution in [0.4, 0.5) is 11.4 Å². The minimum Gasteiger partial charge on any atom is -0.495 e. The highest BCUT2D eigenvalue weighted by molar-refractivity contribution is 8.00. The highest BCUT2D eigenvalue weighted by Crippen LogP contribution is 2.24. The molecular weight excluding hydrogens is 314 g/mol. The Morgan fingerprint density at radius 3 is 2.65 bits per heavy atom. The second-order valence-corrected chi connectivity index (χ2v) is 6.42. The second-order valence-electron chi connectivity index (χ2n) is 5.44. The van der Waals surface area contributed by atoms with E-state index >= 15 is 0 Å². The van der Waals surface area contributed by atoms with Crippen LogP contribution in [0.1, 0.15) is 19.3 Å². The largest absolute Gasteiger partial charge is 0.495 e. The summed E-state index contributed by atoms with van der Waals surface area (Å²) in [6.07, 6.45) is 3.36. The molecule has 23 heavy (non-hydrogen) atoms. The fraction of sp³-hybridized carbons (Fsp3) is 0.500. The number of hydrogen-bond acceptors (Lipinski definition) is 5. The number of nitrogens with zero attached hydrogens (tertiary/aromatic N) is 1. The van der Waals surface area contributed by atoms with E-state index in [2.05, 4.69) is 5.32 Å². The summed E-state index contributed by atoms with van der Waals surface area (Å²) in [6, 6.07) is 5.09. The van der Waals surface area contributed by atoms with Crippen LogP contribution >= 0.6 is 11.8 Å². The lowest BCUT2D eigenvalue weighted by molar-refractivity contribution is -0.129. The number of nitrogen functional groups attached to an aromatic ring is 1. The molecule has 1 aromatic rings. The van der Waals surface area contributed by atoms with Gasteiger partial charge in [-0.05, 0) is 37.5 Å². The van der Waals surface area contributed by atoms with Crippen molar-refractivity contribution in [2.24, 2.45) is 0 Å². The van der Waals surface area contributed by atoms with E-state index < -0.39 is 0 Å². The van der Waals surface area contributed by atoms with Crippen LogP contribution in [0, 0.1) is 0 Å². The van der Waals surface area contributed by atoms with Crippen molar-refractivity contribution in [1.29, 1.82) is 0 Å². The molecule has 0 saturated carbocycles. The predicted molar refractivity (Wildman–Crippen MR) is 93.8 cm³/mol. The van der Waals surface area contributed by atoms with Gasteiger partial charge in [0.05, 0.1) is 24.3 Å². The lowest BCUT2D eigenvalue weighted by Gasteiger charge is -2.26. The standard InChI is InChI=1S/C16H23N3O3S/c1-22-14-6-5-12(9-13(14)17)18-15(20)10-23-11-16(21)19-7-3-2-4-8-19/h5-6,9H,2-4,7-8,10-11,17H2,1H3,(H,18,20). The molecule has 3 N–H and O–H groups in total. The van der Waals surface area contributed by atoms with Crippen LogP contribution in [-0.2, 0) is 9.59 Å². The third-order valence-electron chi connectivity index (χ3n) is 3.68. The minimum absolute atomic E-state index is 0.121. The Kier molecular flexibility index (Phi) is 6.58. The van der Waals surface area contributed by atoms with Crippen LogP contribution in [0.5, 0.6) is 5.75 Å². The van der Waals surface area contributed by atoms with Crippen molar-refractivity contribution in [1.82, 2.24) is 4.90 Å². The fourth-order valence-corrected chi connectivity index (χ4v) is 3.19. The third kappa shape index (κ3) is 5.35. The number of thioether (sulfide) groups is 1. The van der Waals surface area contributed by atoms with Crippen molar-refractivity contribution >= 4 is 35.0 Å². The number of carbonyl (C=O) groups excluding carboxylic acids is 2. The zero-order valence-electron chi connectivity index (χ0n) is 13.3. The van der Waals surface area contributed by atoms with Crippen molar-refractivity contribution in [3.8, 4) is 5.75 Å². The Labute approximate surface area is 140 Å². The van der Waals surface area contributed by atoms with Crippen molar-refractivity contribution in [2.75, 3.05) is 42.8 Å². The molecule has 2 amide bonds. The molecule has 6 nitrogen and oxygen atoms in total. The van der Waals surface area contributed by atoms with Crippen molar-refractivity contribution < 1.29 is 14.3 Å². The molecule has 1 heterocycles. The Morgan fingerprint density at radius 2 is 2.00 bits per heavy atom. The van der Waals surface area contributed by atoms with Crippen molar-refractivity contribution in [2.45, 2.75) is 19.3 Å². The predicted octanol–water partition coefficient (Wildman–Crippen LogP) is 1.96. The first kappa shape index (κ1) is 17.5. The van der Waals surface area contributed by atoms with Gasteiger partial charge in [0.25, 0.3) is 0 Å². The zero-order chi connectivity index (χ0) is 16.7. The van der Waals surface area contributed by atoms with E-state index in [4.69, 9.17) is 10.5 Å². The summed E-state index contributed by atoms with van der Waals surface area (Å²) in [4.78, 5) is 25.8. The van der Waals surface area contributed by atoms with Gasteiger partial charge in [-0.3, -0.25) is 9.59 Å². The van der Waals surface area contributed by atoms with Crippen LogP contribution in [0.2, 0.25) is 0 Å². The molecule has 0 bridgehead atoms. The topological polar surface area (TPSA) is 84.7 Å². The fourth-order valence-electron chi connectivity index (χ4n) is 2.47. The lowest BCUT2D eigenvalue weighted by atomic mass is 10.1. The van der Waals surface area contributed by atoms with Gasteiger partial charge in [-0.15, -0.1) is 11.8 Å². The maximum absolute atomic E-state index is 12.0. The summed E-state index contributed by atoms with van der Waals surface area (Å²) in [5.41, 5.74) is 6.89. The summed E-state index contributed by atoms with van der Waals surface area (Å²) < 4.78 is 5.07. The number of likely N-dealkylation sites (tertiary alicyclic amines) is 1. The molecule has 1 saturated heterocycles. The van der Waals surface area contributed by atoms with Gasteiger partial charge < -0.3 is 20.7 Å². The van der Waals surface area contributed by atoms with Crippen LogP contribution in [0.15, 0.2) is 18.2 Å². The maximum atomic E-state index is 12.0. The van der Waals surface area contributed by atoms with Crippen LogP contribution in [-0.4, -0.2) is 48.4 Å². The average molecular weight is 337 g/mol. The van der Waals surface area contributed by atoms with E-state index in [1.807, 2.05) is 4.90 Å². The minimum atomic E-state index is -0.147. The lowest BCUT2D eigenvalue weighted by Crippen LogP contribution is -2.37. The molecule has 0 aromatic heterocycles. The summed E-state index contributed by atoms with van der Waals surface area (Å²) >= 11 is 1.34. The number of anilines is 2. The van der Waals surface area contributed by atoms with Crippen molar-refractivity contribution in [3.05, 3.63) is 18.2 Å². The second kappa shape index (κ2) is 8.67. The first-order valence-corrected chi connectivity index (χ1v) is 8.84. The van der Waals surface area contributed by atoms with E-state index in [0.29, 0.717) is 22.9 Å². The number of carbonyl (C=O) groups is 2. The smallest absolute Gasteiger partial charge is 0.234 e. The monoisotopic (exact) mass is 337 g/mol. The molecule has 1 fully saturated rings. The first-order valence-electron chi connectivity index (χ1n) is 7.69. The number of ether oxygens (including phenoxy) is 1. The molecule has 0 unspecified atom stereocenters. The number of methoxy groups -OCH3 is 1. The molecule has 1 aromatic carbocycles. The van der Waals surface area contributed by atoms with Crippen LogP contribution in [0.3, 0.4) is 0 Å². The molecule has 126 valence electrons. The van der Waals surface area contributed by atoms with E-state index in [1.54, 1.807) is 25.3 Å². The number of nitrogens with two attached hydrogens (primary N) is 1. The maximum Gasteiger partial charge on any atom is 0.234 e.